The highest BCUT2D eigenvalue weighted by Crippen LogP contribution is 2.12. The summed E-state index contributed by atoms with van der Waals surface area (Å²) in [6, 6.07) is 0. The second-order valence-electron chi connectivity index (χ2n) is 2.81. The van der Waals surface area contributed by atoms with Crippen LogP contribution >= 0.6 is 0 Å². The van der Waals surface area contributed by atoms with Crippen molar-refractivity contribution in [3.8, 4) is 0 Å². The van der Waals surface area contributed by atoms with Crippen molar-refractivity contribution < 1.29 is 23.1 Å². The summed E-state index contributed by atoms with van der Waals surface area (Å²) in [5.74, 6) is 0. The number of amides is 1. The Morgan fingerprint density at radius 2 is 2.07 bits per heavy atom. The van der Waals surface area contributed by atoms with E-state index in [0.29, 0.717) is 0 Å². The van der Waals surface area contributed by atoms with E-state index in [1.54, 1.807) is 0 Å². The highest BCUT2D eigenvalue weighted by Gasteiger charge is 2.25. The lowest BCUT2D eigenvalue weighted by Crippen LogP contribution is -2.34. The van der Waals surface area contributed by atoms with Gasteiger partial charge in [-0.3, -0.25) is 4.90 Å². The highest BCUT2D eigenvalue weighted by atomic mass is 19.3. The Morgan fingerprint density at radius 3 is 2.50 bits per heavy atom. The van der Waals surface area contributed by atoms with Crippen molar-refractivity contribution >= 4 is 6.09 Å². The summed E-state index contributed by atoms with van der Waals surface area (Å²) in [6.45, 7) is -0.611. The number of nitrogens with zero attached hydrogens (tertiary/aromatic N) is 2. The quantitative estimate of drug-likeness (QED) is 0.763. The maximum Gasteiger partial charge on any atom is 0.412 e. The molecule has 1 N–H and O–H groups in total. The molecule has 1 heterocycles. The van der Waals surface area contributed by atoms with Crippen LogP contribution in [0.2, 0.25) is 0 Å². The Labute approximate surface area is 78.2 Å². The molecule has 1 atom stereocenters. The third-order valence-electron chi connectivity index (χ3n) is 1.72. The molecule has 14 heavy (non-hydrogen) atoms. The van der Waals surface area contributed by atoms with Crippen LogP contribution in [0.15, 0.2) is 12.4 Å². The fourth-order valence-electron chi connectivity index (χ4n) is 1.01. The minimum Gasteiger partial charge on any atom is -0.465 e. The van der Waals surface area contributed by atoms with Gasteiger partial charge in [-0.05, 0) is 0 Å². The van der Waals surface area contributed by atoms with E-state index in [0.717, 1.165) is 4.90 Å². The van der Waals surface area contributed by atoms with Crippen LogP contribution in [0.3, 0.4) is 0 Å². The molecule has 0 bridgehead atoms. The minimum absolute atomic E-state index is 0.109. The summed E-state index contributed by atoms with van der Waals surface area (Å²) >= 11 is 0. The van der Waals surface area contributed by atoms with Gasteiger partial charge in [0.2, 0.25) is 0 Å². The van der Waals surface area contributed by atoms with Gasteiger partial charge < -0.3 is 10.0 Å². The summed E-state index contributed by atoms with van der Waals surface area (Å²) in [5.41, 5.74) is 0. The van der Waals surface area contributed by atoms with E-state index in [1.165, 1.54) is 17.3 Å². The number of rotatable bonds is 3. The lowest BCUT2D eigenvalue weighted by atomic mass is 10.4. The van der Waals surface area contributed by atoms with Crippen LogP contribution in [0.1, 0.15) is 0 Å². The van der Waals surface area contributed by atoms with Crippen molar-refractivity contribution in [3.63, 3.8) is 0 Å². The average molecular weight is 210 g/mol. The van der Waals surface area contributed by atoms with Crippen molar-refractivity contribution in [1.29, 1.82) is 0 Å². The van der Waals surface area contributed by atoms with E-state index >= 15 is 0 Å². The predicted molar refractivity (Wildman–Crippen MR) is 41.5 cm³/mol. The second kappa shape index (κ2) is 4.21. The van der Waals surface area contributed by atoms with Crippen LogP contribution in [-0.4, -0.2) is 46.8 Å². The molecule has 1 aliphatic heterocycles. The van der Waals surface area contributed by atoms with Gasteiger partial charge in [0.15, 0.2) is 6.17 Å². The summed E-state index contributed by atoms with van der Waals surface area (Å²) in [4.78, 5) is 12.4. The highest BCUT2D eigenvalue weighted by molar-refractivity contribution is 5.66. The zero-order chi connectivity index (χ0) is 10.7. The van der Waals surface area contributed by atoms with Gasteiger partial charge in [0.05, 0.1) is 6.54 Å². The molecular weight excluding hydrogens is 201 g/mol. The molecule has 0 aromatic carbocycles. The topological polar surface area (TPSA) is 43.8 Å². The summed E-state index contributed by atoms with van der Waals surface area (Å²) < 4.78 is 36.1. The van der Waals surface area contributed by atoms with Crippen molar-refractivity contribution in [3.05, 3.63) is 12.4 Å². The molecule has 0 fully saturated rings. The SMILES string of the molecule is O=C(O)N1C=CN(CC(F)C(F)F)C1. The van der Waals surface area contributed by atoms with Crippen LogP contribution in [0.5, 0.6) is 0 Å². The Hall–Kier alpha value is -1.40. The van der Waals surface area contributed by atoms with Crippen LogP contribution in [-0.2, 0) is 0 Å². The lowest BCUT2D eigenvalue weighted by molar-refractivity contribution is 0.0331. The summed E-state index contributed by atoms with van der Waals surface area (Å²) in [7, 11) is 0. The van der Waals surface area contributed by atoms with E-state index in [-0.39, 0.29) is 6.67 Å². The number of halogens is 3. The molecule has 0 saturated carbocycles. The number of carbonyl (C=O) groups is 1. The lowest BCUT2D eigenvalue weighted by Gasteiger charge is -2.19. The van der Waals surface area contributed by atoms with Crippen LogP contribution in [0, 0.1) is 0 Å². The smallest absolute Gasteiger partial charge is 0.412 e. The number of alkyl halides is 3. The summed E-state index contributed by atoms with van der Waals surface area (Å²) in [6.07, 6.45) is -4.03. The number of hydrogen-bond donors (Lipinski definition) is 1. The summed E-state index contributed by atoms with van der Waals surface area (Å²) in [5, 5.41) is 8.48. The fraction of sp³-hybridized carbons (Fsp3) is 0.571. The predicted octanol–water partition coefficient (Wildman–Crippen LogP) is 1.31. The maximum absolute atomic E-state index is 12.5. The Balaban J connectivity index is 2.37. The molecule has 0 aromatic heterocycles. The van der Waals surface area contributed by atoms with Gasteiger partial charge >= 0.3 is 6.09 Å². The molecule has 1 aliphatic rings. The minimum atomic E-state index is -3.04. The first kappa shape index (κ1) is 10.7. The molecule has 0 saturated heterocycles. The van der Waals surface area contributed by atoms with E-state index in [9.17, 15) is 18.0 Å². The first-order valence-electron chi connectivity index (χ1n) is 3.85. The third kappa shape index (κ3) is 2.54. The zero-order valence-corrected chi connectivity index (χ0v) is 7.11. The molecular formula is C7H9F3N2O2. The molecule has 0 spiro atoms. The standard InChI is InChI=1S/C7H9F3N2O2/c8-5(6(9)10)3-11-1-2-12(4-11)7(13)14/h1-2,5-6H,3-4H2,(H,13,14). The fourth-order valence-corrected chi connectivity index (χ4v) is 1.01. The Morgan fingerprint density at radius 1 is 1.43 bits per heavy atom. The normalized spacial score (nSPS) is 18.0. The van der Waals surface area contributed by atoms with Crippen LogP contribution in [0.4, 0.5) is 18.0 Å². The van der Waals surface area contributed by atoms with E-state index in [1.807, 2.05) is 0 Å². The molecule has 0 aromatic rings. The Bertz CT molecular complexity index is 247. The largest absolute Gasteiger partial charge is 0.465 e. The van der Waals surface area contributed by atoms with Gasteiger partial charge in [0, 0.05) is 12.4 Å². The monoisotopic (exact) mass is 210 g/mol. The first-order chi connectivity index (χ1) is 6.50. The molecule has 0 aliphatic carbocycles. The second-order valence-corrected chi connectivity index (χ2v) is 2.81. The van der Waals surface area contributed by atoms with E-state index < -0.39 is 25.2 Å². The molecule has 1 amide bonds. The molecule has 0 radical (unpaired) electrons. The first-order valence-corrected chi connectivity index (χ1v) is 3.85. The van der Waals surface area contributed by atoms with Gasteiger partial charge in [-0.15, -0.1) is 0 Å². The molecule has 7 heteroatoms. The number of hydrogen-bond acceptors (Lipinski definition) is 2. The average Bonchev–Trinajstić information content (AvgIpc) is 2.52. The van der Waals surface area contributed by atoms with Gasteiger partial charge in [-0.25, -0.2) is 18.0 Å². The van der Waals surface area contributed by atoms with Crippen molar-refractivity contribution in [1.82, 2.24) is 9.80 Å². The van der Waals surface area contributed by atoms with Crippen molar-refractivity contribution in [2.75, 3.05) is 13.2 Å². The zero-order valence-electron chi connectivity index (χ0n) is 7.11. The number of carboxylic acid groups (broad SMARTS) is 1. The van der Waals surface area contributed by atoms with Crippen LogP contribution in [0.25, 0.3) is 0 Å². The van der Waals surface area contributed by atoms with Gasteiger partial charge in [0.25, 0.3) is 6.43 Å². The maximum atomic E-state index is 12.5. The van der Waals surface area contributed by atoms with E-state index in [4.69, 9.17) is 5.11 Å². The van der Waals surface area contributed by atoms with E-state index in [2.05, 4.69) is 0 Å². The Kier molecular flexibility index (Phi) is 3.21. The molecule has 80 valence electrons. The van der Waals surface area contributed by atoms with Crippen molar-refractivity contribution in [2.45, 2.75) is 12.6 Å². The van der Waals surface area contributed by atoms with Crippen LogP contribution < -0.4 is 0 Å². The van der Waals surface area contributed by atoms with Crippen molar-refractivity contribution in [2.24, 2.45) is 0 Å². The third-order valence-corrected chi connectivity index (χ3v) is 1.72. The van der Waals surface area contributed by atoms with Gasteiger partial charge in [0.1, 0.15) is 6.67 Å². The molecule has 1 rings (SSSR count). The van der Waals surface area contributed by atoms with Gasteiger partial charge in [-0.1, -0.05) is 0 Å². The molecule has 4 nitrogen and oxygen atoms in total. The molecule has 1 unspecified atom stereocenters. The van der Waals surface area contributed by atoms with Gasteiger partial charge in [-0.2, -0.15) is 0 Å².